The highest BCUT2D eigenvalue weighted by atomic mass is 16.4. The van der Waals surface area contributed by atoms with Gasteiger partial charge in [0.25, 0.3) is 0 Å². The van der Waals surface area contributed by atoms with E-state index >= 15 is 0 Å². The molecule has 0 amide bonds. The van der Waals surface area contributed by atoms with Crippen LogP contribution in [0.5, 0.6) is 5.75 Å². The van der Waals surface area contributed by atoms with Crippen LogP contribution < -0.4 is 0 Å². The molecule has 0 aliphatic carbocycles. The molecule has 0 atom stereocenters. The Bertz CT molecular complexity index is 473. The van der Waals surface area contributed by atoms with E-state index in [2.05, 4.69) is 20.8 Å². The molecule has 0 spiro atoms. The van der Waals surface area contributed by atoms with Crippen LogP contribution in [0.25, 0.3) is 0 Å². The Balaban J connectivity index is 3.44. The zero-order chi connectivity index (χ0) is 14.8. The monoisotopic (exact) mass is 264 g/mol. The van der Waals surface area contributed by atoms with Gasteiger partial charge in [-0.1, -0.05) is 46.8 Å². The average molecular weight is 264 g/mol. The maximum atomic E-state index is 10.9. The molecule has 3 nitrogen and oxygen atoms in total. The molecule has 0 aliphatic heterocycles. The van der Waals surface area contributed by atoms with E-state index in [4.69, 9.17) is 5.11 Å². The fraction of sp³-hybridized carbons (Fsp3) is 0.562. The molecule has 0 unspecified atom stereocenters. The molecular formula is C16H24O3. The SMILES string of the molecule is CCC(C)(C)c1cc(CC(=O)O)cc(C(C)C)c1O. The Morgan fingerprint density at radius 1 is 1.32 bits per heavy atom. The summed E-state index contributed by atoms with van der Waals surface area (Å²) in [5, 5.41) is 19.4. The van der Waals surface area contributed by atoms with Crippen molar-refractivity contribution in [3.05, 3.63) is 28.8 Å². The second-order valence-electron chi connectivity index (χ2n) is 6.04. The van der Waals surface area contributed by atoms with Crippen molar-refractivity contribution in [1.82, 2.24) is 0 Å². The van der Waals surface area contributed by atoms with Gasteiger partial charge >= 0.3 is 5.97 Å². The van der Waals surface area contributed by atoms with Crippen molar-refractivity contribution in [3.63, 3.8) is 0 Å². The third kappa shape index (κ3) is 3.49. The van der Waals surface area contributed by atoms with Gasteiger partial charge in [-0.05, 0) is 28.9 Å². The molecule has 0 saturated carbocycles. The summed E-state index contributed by atoms with van der Waals surface area (Å²) < 4.78 is 0. The number of phenols is 1. The van der Waals surface area contributed by atoms with Gasteiger partial charge in [0, 0.05) is 5.56 Å². The molecule has 19 heavy (non-hydrogen) atoms. The van der Waals surface area contributed by atoms with Gasteiger partial charge in [-0.3, -0.25) is 4.79 Å². The van der Waals surface area contributed by atoms with Crippen LogP contribution >= 0.6 is 0 Å². The van der Waals surface area contributed by atoms with Crippen LogP contribution in [0, 0.1) is 0 Å². The quantitative estimate of drug-likeness (QED) is 0.849. The van der Waals surface area contributed by atoms with Gasteiger partial charge in [-0.25, -0.2) is 0 Å². The second kappa shape index (κ2) is 5.64. The third-order valence-corrected chi connectivity index (χ3v) is 3.79. The smallest absolute Gasteiger partial charge is 0.307 e. The number of hydrogen-bond donors (Lipinski definition) is 2. The number of carbonyl (C=O) groups is 1. The minimum absolute atomic E-state index is 0.00715. The van der Waals surface area contributed by atoms with Crippen molar-refractivity contribution in [1.29, 1.82) is 0 Å². The molecule has 3 heteroatoms. The Hall–Kier alpha value is -1.51. The summed E-state index contributed by atoms with van der Waals surface area (Å²) in [6.45, 7) is 10.2. The number of aliphatic carboxylic acids is 1. The van der Waals surface area contributed by atoms with Crippen LogP contribution in [0.1, 0.15) is 63.6 Å². The molecule has 1 rings (SSSR count). The third-order valence-electron chi connectivity index (χ3n) is 3.79. The Morgan fingerprint density at radius 2 is 1.89 bits per heavy atom. The number of rotatable bonds is 5. The van der Waals surface area contributed by atoms with Crippen molar-refractivity contribution >= 4 is 5.97 Å². The van der Waals surface area contributed by atoms with E-state index in [1.165, 1.54) is 0 Å². The molecule has 0 radical (unpaired) electrons. The topological polar surface area (TPSA) is 57.5 Å². The second-order valence-corrected chi connectivity index (χ2v) is 6.04. The largest absolute Gasteiger partial charge is 0.507 e. The van der Waals surface area contributed by atoms with Gasteiger partial charge in [-0.2, -0.15) is 0 Å². The normalized spacial score (nSPS) is 11.9. The lowest BCUT2D eigenvalue weighted by atomic mass is 9.79. The van der Waals surface area contributed by atoms with Gasteiger partial charge in [-0.15, -0.1) is 0 Å². The highest BCUT2D eigenvalue weighted by Gasteiger charge is 2.25. The Kier molecular flexibility index (Phi) is 4.61. The summed E-state index contributed by atoms with van der Waals surface area (Å²) in [6.07, 6.45) is 0.876. The summed E-state index contributed by atoms with van der Waals surface area (Å²) in [5.74, 6) is -0.364. The van der Waals surface area contributed by atoms with Crippen LogP contribution in [-0.4, -0.2) is 16.2 Å². The number of phenolic OH excluding ortho intramolecular Hbond substituents is 1. The number of aromatic hydroxyl groups is 1. The lowest BCUT2D eigenvalue weighted by molar-refractivity contribution is -0.136. The predicted molar refractivity (Wildman–Crippen MR) is 76.9 cm³/mol. The summed E-state index contributed by atoms with van der Waals surface area (Å²) in [7, 11) is 0. The van der Waals surface area contributed by atoms with E-state index < -0.39 is 5.97 Å². The lowest BCUT2D eigenvalue weighted by Gasteiger charge is -2.27. The van der Waals surface area contributed by atoms with E-state index in [1.807, 2.05) is 26.0 Å². The average Bonchev–Trinajstić information content (AvgIpc) is 2.29. The summed E-state index contributed by atoms with van der Waals surface area (Å²) >= 11 is 0. The van der Waals surface area contributed by atoms with Crippen LogP contribution in [0.4, 0.5) is 0 Å². The van der Waals surface area contributed by atoms with E-state index in [9.17, 15) is 9.90 Å². The van der Waals surface area contributed by atoms with Crippen molar-refractivity contribution in [2.75, 3.05) is 0 Å². The van der Waals surface area contributed by atoms with Crippen LogP contribution in [0.3, 0.4) is 0 Å². The van der Waals surface area contributed by atoms with Gasteiger partial charge in [0.15, 0.2) is 0 Å². The fourth-order valence-corrected chi connectivity index (χ4v) is 2.14. The van der Waals surface area contributed by atoms with Crippen molar-refractivity contribution in [2.45, 2.75) is 58.8 Å². The van der Waals surface area contributed by atoms with E-state index in [0.29, 0.717) is 5.75 Å². The molecular weight excluding hydrogens is 240 g/mol. The first kappa shape index (κ1) is 15.5. The first-order chi connectivity index (χ1) is 8.69. The van der Waals surface area contributed by atoms with E-state index in [0.717, 1.165) is 23.1 Å². The van der Waals surface area contributed by atoms with Gasteiger partial charge < -0.3 is 10.2 Å². The number of benzene rings is 1. The number of carboxylic acid groups (broad SMARTS) is 1. The zero-order valence-corrected chi connectivity index (χ0v) is 12.4. The van der Waals surface area contributed by atoms with Gasteiger partial charge in [0.2, 0.25) is 0 Å². The number of hydrogen-bond acceptors (Lipinski definition) is 2. The zero-order valence-electron chi connectivity index (χ0n) is 12.4. The Labute approximate surface area is 115 Å². The molecule has 0 aromatic heterocycles. The van der Waals surface area contributed by atoms with Crippen LogP contribution in [0.2, 0.25) is 0 Å². The van der Waals surface area contributed by atoms with Gasteiger partial charge in [0.1, 0.15) is 5.75 Å². The summed E-state index contributed by atoms with van der Waals surface area (Å²) in [4.78, 5) is 10.9. The predicted octanol–water partition coefficient (Wildman–Crippen LogP) is 3.83. The maximum Gasteiger partial charge on any atom is 0.307 e. The highest BCUT2D eigenvalue weighted by molar-refractivity contribution is 5.71. The standard InChI is InChI=1S/C16H24O3/c1-6-16(4,5)13-8-11(9-14(17)18)7-12(10(2)3)15(13)19/h7-8,10,19H,6,9H2,1-5H3,(H,17,18). The fourth-order valence-electron chi connectivity index (χ4n) is 2.14. The molecule has 0 heterocycles. The van der Waals surface area contributed by atoms with Gasteiger partial charge in [0.05, 0.1) is 6.42 Å². The van der Waals surface area contributed by atoms with Crippen LogP contribution in [-0.2, 0) is 16.6 Å². The molecule has 0 aliphatic rings. The van der Waals surface area contributed by atoms with Crippen LogP contribution in [0.15, 0.2) is 12.1 Å². The van der Waals surface area contributed by atoms with Crippen molar-refractivity contribution in [2.24, 2.45) is 0 Å². The van der Waals surface area contributed by atoms with E-state index in [-0.39, 0.29) is 17.8 Å². The summed E-state index contributed by atoms with van der Waals surface area (Å²) in [6, 6.07) is 3.64. The molecule has 0 bridgehead atoms. The molecule has 106 valence electrons. The summed E-state index contributed by atoms with van der Waals surface area (Å²) in [5.41, 5.74) is 2.26. The van der Waals surface area contributed by atoms with E-state index in [1.54, 1.807) is 0 Å². The molecule has 0 saturated heterocycles. The molecule has 1 aromatic rings. The maximum absolute atomic E-state index is 10.9. The van der Waals surface area contributed by atoms with Crippen molar-refractivity contribution in [3.8, 4) is 5.75 Å². The first-order valence-corrected chi connectivity index (χ1v) is 6.77. The minimum Gasteiger partial charge on any atom is -0.507 e. The Morgan fingerprint density at radius 3 is 2.32 bits per heavy atom. The molecule has 1 aromatic carbocycles. The number of carboxylic acids is 1. The lowest BCUT2D eigenvalue weighted by Crippen LogP contribution is -2.17. The first-order valence-electron chi connectivity index (χ1n) is 6.77. The minimum atomic E-state index is -0.847. The van der Waals surface area contributed by atoms with Crippen molar-refractivity contribution < 1.29 is 15.0 Å². The molecule has 2 N–H and O–H groups in total. The highest BCUT2D eigenvalue weighted by Crippen LogP contribution is 2.39. The molecule has 0 fully saturated rings.